The van der Waals surface area contributed by atoms with E-state index in [4.69, 9.17) is 5.73 Å². The summed E-state index contributed by atoms with van der Waals surface area (Å²) in [5.74, 6) is -0.176. The second-order valence-corrected chi connectivity index (χ2v) is 3.08. The van der Waals surface area contributed by atoms with Crippen molar-refractivity contribution >= 4 is 17.6 Å². The van der Waals surface area contributed by atoms with Crippen molar-refractivity contribution in [2.75, 3.05) is 18.4 Å². The minimum atomic E-state index is -0.614. The van der Waals surface area contributed by atoms with Crippen molar-refractivity contribution in [3.05, 3.63) is 17.8 Å². The van der Waals surface area contributed by atoms with Gasteiger partial charge >= 0.3 is 0 Å². The van der Waals surface area contributed by atoms with Crippen LogP contribution in [0.5, 0.6) is 0 Å². The third-order valence-electron chi connectivity index (χ3n) is 1.72. The van der Waals surface area contributed by atoms with E-state index in [2.05, 4.69) is 20.8 Å². The van der Waals surface area contributed by atoms with E-state index in [1.54, 1.807) is 6.07 Å². The van der Waals surface area contributed by atoms with Crippen molar-refractivity contribution in [1.29, 1.82) is 0 Å². The van der Waals surface area contributed by atoms with E-state index in [1.807, 2.05) is 0 Å². The fourth-order valence-corrected chi connectivity index (χ4v) is 0.987. The van der Waals surface area contributed by atoms with Gasteiger partial charge in [-0.2, -0.15) is 0 Å². The molecule has 0 aliphatic carbocycles. The number of anilines is 1. The van der Waals surface area contributed by atoms with E-state index in [1.165, 1.54) is 13.0 Å². The fraction of sp³-hybridized carbons (Fsp3) is 0.333. The molecule has 86 valence electrons. The van der Waals surface area contributed by atoms with Crippen LogP contribution in [0.3, 0.4) is 0 Å². The highest BCUT2D eigenvalue weighted by molar-refractivity contribution is 5.90. The lowest BCUT2D eigenvalue weighted by Gasteiger charge is -2.05. The molecular formula is C9H13N5O2. The first kappa shape index (κ1) is 11.9. The molecule has 0 fully saturated rings. The van der Waals surface area contributed by atoms with E-state index in [-0.39, 0.29) is 11.6 Å². The summed E-state index contributed by atoms with van der Waals surface area (Å²) in [4.78, 5) is 21.3. The van der Waals surface area contributed by atoms with E-state index in [0.717, 1.165) is 0 Å². The van der Waals surface area contributed by atoms with Gasteiger partial charge in [-0.3, -0.25) is 9.59 Å². The quantitative estimate of drug-likeness (QED) is 0.562. The summed E-state index contributed by atoms with van der Waals surface area (Å²) < 4.78 is 0. The second kappa shape index (κ2) is 5.64. The first-order valence-electron chi connectivity index (χ1n) is 4.71. The van der Waals surface area contributed by atoms with Crippen molar-refractivity contribution < 1.29 is 9.59 Å². The number of carbonyl (C=O) groups excluding carboxylic acids is 2. The minimum absolute atomic E-state index is 0.0861. The molecule has 0 atom stereocenters. The highest BCUT2D eigenvalue weighted by Gasteiger charge is 2.02. The van der Waals surface area contributed by atoms with Gasteiger partial charge in [-0.1, -0.05) is 0 Å². The molecule has 0 aliphatic rings. The molecule has 2 amide bonds. The molecule has 0 unspecified atom stereocenters. The molecule has 0 aliphatic heterocycles. The van der Waals surface area contributed by atoms with E-state index in [9.17, 15) is 9.59 Å². The topological polar surface area (TPSA) is 110 Å². The summed E-state index contributed by atoms with van der Waals surface area (Å²) in [5.41, 5.74) is 5.13. The Balaban J connectivity index is 2.38. The number of nitrogens with zero attached hydrogens (tertiary/aromatic N) is 2. The van der Waals surface area contributed by atoms with Crippen LogP contribution >= 0.6 is 0 Å². The fourth-order valence-electron chi connectivity index (χ4n) is 0.987. The van der Waals surface area contributed by atoms with Crippen LogP contribution in [0.25, 0.3) is 0 Å². The predicted molar refractivity (Wildman–Crippen MR) is 57.7 cm³/mol. The lowest BCUT2D eigenvalue weighted by molar-refractivity contribution is -0.118. The number of hydrogen-bond acceptors (Lipinski definition) is 5. The SMILES string of the molecule is CC(=O)NCCNc1ccc(C(N)=O)nn1. The Kier molecular flexibility index (Phi) is 4.19. The van der Waals surface area contributed by atoms with Crippen LogP contribution in [0, 0.1) is 0 Å². The van der Waals surface area contributed by atoms with Crippen molar-refractivity contribution in [2.24, 2.45) is 5.73 Å². The van der Waals surface area contributed by atoms with Crippen molar-refractivity contribution in [2.45, 2.75) is 6.92 Å². The average molecular weight is 223 g/mol. The molecule has 0 spiro atoms. The number of primary amides is 1. The summed E-state index contributed by atoms with van der Waals surface area (Å²) in [6.07, 6.45) is 0. The Bertz CT molecular complexity index is 376. The Morgan fingerprint density at radius 2 is 2.06 bits per heavy atom. The maximum Gasteiger partial charge on any atom is 0.269 e. The molecule has 0 bridgehead atoms. The molecule has 16 heavy (non-hydrogen) atoms. The van der Waals surface area contributed by atoms with E-state index < -0.39 is 5.91 Å². The van der Waals surface area contributed by atoms with Crippen LogP contribution in [0.15, 0.2) is 12.1 Å². The standard InChI is InChI=1S/C9H13N5O2/c1-6(15)11-4-5-12-8-3-2-7(9(10)16)13-14-8/h2-3H,4-5H2,1H3,(H2,10,16)(H,11,15)(H,12,14). The number of rotatable bonds is 5. The summed E-state index contributed by atoms with van der Waals surface area (Å²) in [7, 11) is 0. The maximum absolute atomic E-state index is 10.7. The zero-order valence-electron chi connectivity index (χ0n) is 8.86. The van der Waals surface area contributed by atoms with Crippen molar-refractivity contribution in [1.82, 2.24) is 15.5 Å². The minimum Gasteiger partial charge on any atom is -0.367 e. The largest absolute Gasteiger partial charge is 0.367 e. The Morgan fingerprint density at radius 3 is 2.56 bits per heavy atom. The molecular weight excluding hydrogens is 210 g/mol. The van der Waals surface area contributed by atoms with Gasteiger partial charge in [-0.25, -0.2) is 0 Å². The average Bonchev–Trinajstić information content (AvgIpc) is 2.25. The molecule has 0 aromatic carbocycles. The number of nitrogens with one attached hydrogen (secondary N) is 2. The third kappa shape index (κ3) is 3.91. The van der Waals surface area contributed by atoms with Gasteiger partial charge < -0.3 is 16.4 Å². The first-order valence-corrected chi connectivity index (χ1v) is 4.71. The van der Waals surface area contributed by atoms with Gasteiger partial charge in [0.25, 0.3) is 5.91 Å². The van der Waals surface area contributed by atoms with Crippen LogP contribution in [0.2, 0.25) is 0 Å². The van der Waals surface area contributed by atoms with Gasteiger partial charge in [0.05, 0.1) is 0 Å². The van der Waals surface area contributed by atoms with Crippen LogP contribution < -0.4 is 16.4 Å². The molecule has 0 radical (unpaired) electrons. The number of aromatic nitrogens is 2. The highest BCUT2D eigenvalue weighted by atomic mass is 16.1. The normalized spacial score (nSPS) is 9.56. The predicted octanol–water partition coefficient (Wildman–Crippen LogP) is -0.876. The van der Waals surface area contributed by atoms with Gasteiger partial charge in [0, 0.05) is 20.0 Å². The summed E-state index contributed by atoms with van der Waals surface area (Å²) >= 11 is 0. The zero-order valence-corrected chi connectivity index (χ0v) is 8.86. The molecule has 0 saturated carbocycles. The summed E-state index contributed by atoms with van der Waals surface area (Å²) in [6.45, 7) is 2.47. The first-order chi connectivity index (χ1) is 7.59. The Hall–Kier alpha value is -2.18. The maximum atomic E-state index is 10.7. The molecule has 0 saturated heterocycles. The number of amides is 2. The van der Waals surface area contributed by atoms with Crippen LogP contribution in [-0.4, -0.2) is 35.1 Å². The zero-order chi connectivity index (χ0) is 12.0. The van der Waals surface area contributed by atoms with Crippen LogP contribution in [0.1, 0.15) is 17.4 Å². The Labute approximate surface area is 92.4 Å². The van der Waals surface area contributed by atoms with Crippen LogP contribution in [0.4, 0.5) is 5.82 Å². The molecule has 7 nitrogen and oxygen atoms in total. The van der Waals surface area contributed by atoms with Gasteiger partial charge in [0.1, 0.15) is 5.82 Å². The third-order valence-corrected chi connectivity index (χ3v) is 1.72. The van der Waals surface area contributed by atoms with Gasteiger partial charge in [0.15, 0.2) is 5.69 Å². The molecule has 1 rings (SSSR count). The molecule has 1 heterocycles. The number of nitrogens with two attached hydrogens (primary N) is 1. The smallest absolute Gasteiger partial charge is 0.269 e. The van der Waals surface area contributed by atoms with Gasteiger partial charge in [-0.15, -0.1) is 10.2 Å². The molecule has 1 aromatic rings. The lowest BCUT2D eigenvalue weighted by atomic mass is 10.4. The lowest BCUT2D eigenvalue weighted by Crippen LogP contribution is -2.26. The monoisotopic (exact) mass is 223 g/mol. The summed E-state index contributed by atoms with van der Waals surface area (Å²) in [5, 5.41) is 12.9. The van der Waals surface area contributed by atoms with Crippen molar-refractivity contribution in [3.8, 4) is 0 Å². The van der Waals surface area contributed by atoms with Crippen molar-refractivity contribution in [3.63, 3.8) is 0 Å². The van der Waals surface area contributed by atoms with Gasteiger partial charge in [0.2, 0.25) is 5.91 Å². The van der Waals surface area contributed by atoms with E-state index in [0.29, 0.717) is 18.9 Å². The highest BCUT2D eigenvalue weighted by Crippen LogP contribution is 2.00. The number of hydrogen-bond donors (Lipinski definition) is 3. The van der Waals surface area contributed by atoms with Gasteiger partial charge in [-0.05, 0) is 12.1 Å². The molecule has 7 heteroatoms. The Morgan fingerprint density at radius 1 is 1.31 bits per heavy atom. The van der Waals surface area contributed by atoms with E-state index >= 15 is 0 Å². The molecule has 4 N–H and O–H groups in total. The second-order valence-electron chi connectivity index (χ2n) is 3.08. The number of carbonyl (C=O) groups is 2. The summed E-state index contributed by atoms with van der Waals surface area (Å²) in [6, 6.07) is 3.08. The molecule has 1 aromatic heterocycles. The van der Waals surface area contributed by atoms with Crippen LogP contribution in [-0.2, 0) is 4.79 Å².